The number of nitrogens with one attached hydrogen (secondary N) is 1. The van der Waals surface area contributed by atoms with Gasteiger partial charge in [-0.1, -0.05) is 6.07 Å². The van der Waals surface area contributed by atoms with Gasteiger partial charge in [-0.3, -0.25) is 9.20 Å². The minimum absolute atomic E-state index is 0. The number of fused-ring (bicyclic) bond motifs is 1. The number of aromatic nitrogens is 3. The van der Waals surface area contributed by atoms with Gasteiger partial charge in [0.15, 0.2) is 11.5 Å². The first-order chi connectivity index (χ1) is 11.2. The first-order valence-electron chi connectivity index (χ1n) is 7.50. The van der Waals surface area contributed by atoms with Gasteiger partial charge in [0.05, 0.1) is 18.6 Å². The summed E-state index contributed by atoms with van der Waals surface area (Å²) >= 11 is 1.73. The Morgan fingerprint density at radius 3 is 2.80 bits per heavy atom. The summed E-state index contributed by atoms with van der Waals surface area (Å²) in [4.78, 5) is 12.3. The fraction of sp³-hybridized carbons (Fsp3) is 0.533. The van der Waals surface area contributed by atoms with E-state index < -0.39 is 0 Å². The Hall–Kier alpha value is -1.06. The largest absolute Gasteiger partial charge is 0.380 e. The molecule has 0 aliphatic heterocycles. The summed E-state index contributed by atoms with van der Waals surface area (Å²) in [5.74, 6) is 1.56. The van der Waals surface area contributed by atoms with Gasteiger partial charge in [0, 0.05) is 19.9 Å². The molecule has 3 N–H and O–H groups in total. The van der Waals surface area contributed by atoms with Crippen LogP contribution in [0.25, 0.3) is 5.65 Å². The highest BCUT2D eigenvalue weighted by molar-refractivity contribution is 7.98. The number of methoxy groups -OCH3 is 1. The number of rotatable bonds is 9. The van der Waals surface area contributed by atoms with E-state index in [1.165, 1.54) is 0 Å². The van der Waals surface area contributed by atoms with Crippen LogP contribution in [0.5, 0.6) is 0 Å². The lowest BCUT2D eigenvalue weighted by atomic mass is 10.1. The van der Waals surface area contributed by atoms with Crippen LogP contribution in [0, 0.1) is 0 Å². The van der Waals surface area contributed by atoms with Crippen LogP contribution >= 0.6 is 36.6 Å². The molecule has 2 aromatic heterocycles. The van der Waals surface area contributed by atoms with E-state index in [4.69, 9.17) is 10.5 Å². The van der Waals surface area contributed by atoms with Gasteiger partial charge in [-0.05, 0) is 30.6 Å². The molecule has 0 bridgehead atoms. The molecule has 25 heavy (non-hydrogen) atoms. The number of amides is 1. The zero-order valence-electron chi connectivity index (χ0n) is 14.3. The molecule has 1 amide bonds. The maximum atomic E-state index is 12.3. The summed E-state index contributed by atoms with van der Waals surface area (Å²) in [6, 6.07) is 5.53. The van der Waals surface area contributed by atoms with Gasteiger partial charge in [0.1, 0.15) is 0 Å². The number of pyridine rings is 1. The summed E-state index contributed by atoms with van der Waals surface area (Å²) in [5.41, 5.74) is 6.34. The van der Waals surface area contributed by atoms with Crippen molar-refractivity contribution in [2.75, 3.05) is 25.7 Å². The quantitative estimate of drug-likeness (QED) is 0.655. The lowest BCUT2D eigenvalue weighted by molar-refractivity contribution is -0.124. The first-order valence-corrected chi connectivity index (χ1v) is 8.89. The number of hydrogen-bond acceptors (Lipinski definition) is 6. The predicted molar refractivity (Wildman–Crippen MR) is 106 cm³/mol. The molecule has 2 unspecified atom stereocenters. The number of ether oxygens (including phenoxy) is 1. The van der Waals surface area contributed by atoms with Gasteiger partial charge in [0.25, 0.3) is 0 Å². The molecule has 0 aliphatic carbocycles. The number of carbonyl (C=O) groups is 1. The van der Waals surface area contributed by atoms with E-state index in [2.05, 4.69) is 15.5 Å². The van der Waals surface area contributed by atoms with Gasteiger partial charge < -0.3 is 15.8 Å². The van der Waals surface area contributed by atoms with E-state index in [9.17, 15) is 4.79 Å². The van der Waals surface area contributed by atoms with E-state index in [-0.39, 0.29) is 49.3 Å². The molecule has 142 valence electrons. The SMILES string of the molecule is COC(CN)CC(=O)NC(CCSC)c1nnc2ccccn12.Cl.Cl. The van der Waals surface area contributed by atoms with Crippen molar-refractivity contribution in [1.82, 2.24) is 19.9 Å². The van der Waals surface area contributed by atoms with Crippen molar-refractivity contribution in [2.24, 2.45) is 5.73 Å². The second-order valence-electron chi connectivity index (χ2n) is 5.19. The van der Waals surface area contributed by atoms with Crippen LogP contribution in [0.2, 0.25) is 0 Å². The number of halogens is 2. The molecule has 2 atom stereocenters. The van der Waals surface area contributed by atoms with Gasteiger partial charge in [-0.2, -0.15) is 11.8 Å². The highest BCUT2D eigenvalue weighted by atomic mass is 35.5. The number of nitrogens with zero attached hydrogens (tertiary/aromatic N) is 3. The van der Waals surface area contributed by atoms with Crippen LogP contribution in [-0.2, 0) is 9.53 Å². The topological polar surface area (TPSA) is 94.5 Å². The van der Waals surface area contributed by atoms with Crippen LogP contribution in [0.15, 0.2) is 24.4 Å². The number of hydrogen-bond donors (Lipinski definition) is 2. The third-order valence-corrected chi connectivity index (χ3v) is 4.25. The van der Waals surface area contributed by atoms with Crippen molar-refractivity contribution in [1.29, 1.82) is 0 Å². The molecule has 0 spiro atoms. The fourth-order valence-electron chi connectivity index (χ4n) is 2.32. The predicted octanol–water partition coefficient (Wildman–Crippen LogP) is 1.85. The molecule has 10 heteroatoms. The van der Waals surface area contributed by atoms with Crippen molar-refractivity contribution in [2.45, 2.75) is 25.0 Å². The van der Waals surface area contributed by atoms with Crippen LogP contribution in [0.1, 0.15) is 24.7 Å². The lowest BCUT2D eigenvalue weighted by Gasteiger charge is -2.19. The number of thioether (sulfide) groups is 1. The van der Waals surface area contributed by atoms with Crippen LogP contribution < -0.4 is 11.1 Å². The maximum absolute atomic E-state index is 12.3. The Kier molecular flexibility index (Phi) is 11.8. The average Bonchev–Trinajstić information content (AvgIpc) is 3.00. The third-order valence-electron chi connectivity index (χ3n) is 3.61. The summed E-state index contributed by atoms with van der Waals surface area (Å²) in [7, 11) is 1.56. The van der Waals surface area contributed by atoms with Crippen LogP contribution in [0.4, 0.5) is 0 Å². The second-order valence-corrected chi connectivity index (χ2v) is 6.17. The summed E-state index contributed by atoms with van der Waals surface area (Å²) < 4.78 is 7.08. The first kappa shape index (κ1) is 23.9. The van der Waals surface area contributed by atoms with E-state index >= 15 is 0 Å². The molecule has 0 saturated heterocycles. The summed E-state index contributed by atoms with van der Waals surface area (Å²) in [6.45, 7) is 0.313. The monoisotopic (exact) mass is 409 g/mol. The molecule has 7 nitrogen and oxygen atoms in total. The molecule has 0 aliphatic rings. The van der Waals surface area contributed by atoms with Crippen molar-refractivity contribution in [3.8, 4) is 0 Å². The van der Waals surface area contributed by atoms with Gasteiger partial charge in [0.2, 0.25) is 5.91 Å². The molecule has 0 fully saturated rings. The van der Waals surface area contributed by atoms with E-state index in [0.29, 0.717) is 6.54 Å². The minimum Gasteiger partial charge on any atom is -0.380 e. The normalized spacial score (nSPS) is 12.8. The molecular weight excluding hydrogens is 385 g/mol. The number of carbonyl (C=O) groups excluding carboxylic acids is 1. The molecule has 0 saturated carbocycles. The van der Waals surface area contributed by atoms with Crippen LogP contribution in [-0.4, -0.2) is 52.3 Å². The standard InChI is InChI=1S/C15H23N5O2S.2ClH/c1-22-11(10-16)9-14(21)17-12(6-8-23-2)15-19-18-13-5-3-4-7-20(13)15;;/h3-5,7,11-12H,6,8-10,16H2,1-2H3,(H,17,21);2*1H. The third kappa shape index (κ3) is 6.63. The highest BCUT2D eigenvalue weighted by Crippen LogP contribution is 2.18. The molecule has 0 radical (unpaired) electrons. The van der Waals surface area contributed by atoms with E-state index in [1.807, 2.05) is 35.1 Å². The average molecular weight is 410 g/mol. The van der Waals surface area contributed by atoms with Gasteiger partial charge in [-0.15, -0.1) is 35.0 Å². The Morgan fingerprint density at radius 2 is 2.16 bits per heavy atom. The Balaban J connectivity index is 0.00000288. The Labute approximate surface area is 164 Å². The smallest absolute Gasteiger partial charge is 0.223 e. The van der Waals surface area contributed by atoms with Crippen molar-refractivity contribution in [3.05, 3.63) is 30.2 Å². The van der Waals surface area contributed by atoms with E-state index in [1.54, 1.807) is 18.9 Å². The van der Waals surface area contributed by atoms with Gasteiger partial charge in [-0.25, -0.2) is 0 Å². The van der Waals surface area contributed by atoms with Crippen molar-refractivity contribution >= 4 is 48.1 Å². The van der Waals surface area contributed by atoms with Gasteiger partial charge >= 0.3 is 0 Å². The second kappa shape index (κ2) is 12.3. The van der Waals surface area contributed by atoms with Crippen LogP contribution in [0.3, 0.4) is 0 Å². The molecule has 2 aromatic rings. The zero-order valence-corrected chi connectivity index (χ0v) is 16.7. The maximum Gasteiger partial charge on any atom is 0.223 e. The van der Waals surface area contributed by atoms with E-state index in [0.717, 1.165) is 23.6 Å². The Morgan fingerprint density at radius 1 is 1.40 bits per heavy atom. The van der Waals surface area contributed by atoms with Crippen molar-refractivity contribution < 1.29 is 9.53 Å². The zero-order chi connectivity index (χ0) is 16.7. The molecular formula is C15H25Cl2N5O2S. The number of nitrogens with two attached hydrogens (primary N) is 1. The minimum atomic E-state index is -0.272. The highest BCUT2D eigenvalue weighted by Gasteiger charge is 2.21. The summed E-state index contributed by atoms with van der Waals surface area (Å²) in [5, 5.41) is 11.4. The molecule has 2 rings (SSSR count). The van der Waals surface area contributed by atoms with Crippen molar-refractivity contribution in [3.63, 3.8) is 0 Å². The fourth-order valence-corrected chi connectivity index (χ4v) is 2.79. The molecule has 0 aromatic carbocycles. The lowest BCUT2D eigenvalue weighted by Crippen LogP contribution is -2.35. The molecule has 2 heterocycles. The Bertz CT molecular complexity index is 639. The summed E-state index contributed by atoms with van der Waals surface area (Å²) in [6.07, 6.45) is 4.69.